The summed E-state index contributed by atoms with van der Waals surface area (Å²) in [7, 11) is 0. The van der Waals surface area contributed by atoms with Crippen LogP contribution in [0.25, 0.3) is 11.0 Å². The van der Waals surface area contributed by atoms with Gasteiger partial charge in [0, 0.05) is 27.6 Å². The zero-order chi connectivity index (χ0) is 17.7. The molecule has 0 saturated heterocycles. The fourth-order valence-corrected chi connectivity index (χ4v) is 4.45. The summed E-state index contributed by atoms with van der Waals surface area (Å²) in [5, 5.41) is 1.11. The molecule has 1 unspecified atom stereocenters. The van der Waals surface area contributed by atoms with Crippen LogP contribution in [0.4, 0.5) is 0 Å². The molecule has 0 saturated carbocycles. The van der Waals surface area contributed by atoms with Crippen molar-refractivity contribution in [2.75, 3.05) is 6.73 Å². The minimum absolute atomic E-state index is 0.166. The van der Waals surface area contributed by atoms with Crippen LogP contribution < -0.4 is 15.3 Å². The first-order valence-corrected chi connectivity index (χ1v) is 9.32. The largest absolute Gasteiger partial charge is 0.444 e. The fraction of sp³-hybridized carbons (Fsp3) is 0.318. The summed E-state index contributed by atoms with van der Waals surface area (Å²) >= 11 is 0. The monoisotopic (exact) mass is 348 g/mol. The van der Waals surface area contributed by atoms with Crippen molar-refractivity contribution in [3.8, 4) is 5.75 Å². The van der Waals surface area contributed by atoms with Crippen molar-refractivity contribution in [1.82, 2.24) is 0 Å². The van der Waals surface area contributed by atoms with Crippen molar-refractivity contribution in [3.63, 3.8) is 0 Å². The van der Waals surface area contributed by atoms with E-state index in [9.17, 15) is 4.79 Å². The number of ether oxygens (including phenoxy) is 1. The molecule has 3 aromatic rings. The Balaban J connectivity index is 1.57. The Labute approximate surface area is 152 Å². The summed E-state index contributed by atoms with van der Waals surface area (Å²) in [5.74, 6) is 0.899. The van der Waals surface area contributed by atoms with Gasteiger partial charge in [-0.25, -0.2) is 4.79 Å². The van der Waals surface area contributed by atoms with E-state index >= 15 is 0 Å². The molecule has 2 aliphatic rings. The maximum Gasteiger partial charge on any atom is 0.339 e. The van der Waals surface area contributed by atoms with Crippen LogP contribution in [0.15, 0.2) is 45.6 Å². The van der Waals surface area contributed by atoms with Crippen LogP contribution in [0.1, 0.15) is 34.2 Å². The third-order valence-electron chi connectivity index (χ3n) is 5.68. The molecule has 0 amide bonds. The second-order valence-electron chi connectivity index (χ2n) is 7.44. The topological polar surface area (TPSA) is 43.9 Å². The number of hydrogen-bond acceptors (Lipinski definition) is 3. The molecule has 0 bridgehead atoms. The quantitative estimate of drug-likeness (QED) is 0.724. The van der Waals surface area contributed by atoms with Crippen LogP contribution in [0.2, 0.25) is 0 Å². The molecule has 132 valence electrons. The maximum atomic E-state index is 12.3. The molecule has 4 nitrogen and oxygen atoms in total. The van der Waals surface area contributed by atoms with Gasteiger partial charge >= 0.3 is 5.63 Å². The van der Waals surface area contributed by atoms with Gasteiger partial charge in [-0.1, -0.05) is 30.3 Å². The average molecular weight is 348 g/mol. The summed E-state index contributed by atoms with van der Waals surface area (Å²) in [5.41, 5.74) is 6.11. The molecular formula is C22H22NO3+. The zero-order valence-corrected chi connectivity index (χ0v) is 14.9. The standard InChI is InChI=1S/C22H21NO3/c1-14-20-16(12-23(13-25-20)11-15-6-3-2-4-7-15)10-19-17-8-5-9-18(17)22(24)26-21(14)19/h2-4,6-7,10H,5,8-9,11-13H2,1H3/p+1. The lowest BCUT2D eigenvalue weighted by atomic mass is 9.99. The molecule has 0 radical (unpaired) electrons. The lowest BCUT2D eigenvalue weighted by molar-refractivity contribution is -0.945. The van der Waals surface area contributed by atoms with E-state index < -0.39 is 0 Å². The van der Waals surface area contributed by atoms with Gasteiger partial charge in [-0.2, -0.15) is 0 Å². The minimum Gasteiger partial charge on any atom is -0.444 e. The predicted octanol–water partition coefficient (Wildman–Crippen LogP) is 2.53. The third-order valence-corrected chi connectivity index (χ3v) is 5.68. The molecular weight excluding hydrogens is 326 g/mol. The highest BCUT2D eigenvalue weighted by molar-refractivity contribution is 5.87. The number of fused-ring (bicyclic) bond motifs is 4. The second-order valence-corrected chi connectivity index (χ2v) is 7.44. The molecule has 1 N–H and O–H groups in total. The smallest absolute Gasteiger partial charge is 0.339 e. The van der Waals surface area contributed by atoms with Gasteiger partial charge in [-0.3, -0.25) is 4.90 Å². The van der Waals surface area contributed by atoms with Crippen LogP contribution in [0, 0.1) is 6.92 Å². The van der Waals surface area contributed by atoms with Crippen molar-refractivity contribution >= 4 is 11.0 Å². The SMILES string of the molecule is Cc1c2c(cc3c4c(c(=O)oc13)CCC4)C[NH+](Cc1ccccc1)CO2. The lowest BCUT2D eigenvalue weighted by Crippen LogP contribution is -3.10. The molecule has 1 aliphatic carbocycles. The Bertz CT molecular complexity index is 1050. The Hall–Kier alpha value is -2.59. The van der Waals surface area contributed by atoms with Crippen molar-refractivity contribution in [3.05, 3.63) is 74.6 Å². The maximum absolute atomic E-state index is 12.3. The number of quaternary nitrogens is 1. The van der Waals surface area contributed by atoms with Crippen LogP contribution in [0.5, 0.6) is 5.75 Å². The molecule has 0 spiro atoms. The van der Waals surface area contributed by atoms with Crippen molar-refractivity contribution in [2.45, 2.75) is 39.3 Å². The van der Waals surface area contributed by atoms with Gasteiger partial charge in [0.2, 0.25) is 6.73 Å². The van der Waals surface area contributed by atoms with Gasteiger partial charge in [-0.05, 0) is 37.8 Å². The molecule has 1 aliphatic heterocycles. The van der Waals surface area contributed by atoms with E-state index in [1.165, 1.54) is 21.6 Å². The summed E-state index contributed by atoms with van der Waals surface area (Å²) in [6.07, 6.45) is 2.85. The summed E-state index contributed by atoms with van der Waals surface area (Å²) in [6, 6.07) is 12.7. The Morgan fingerprint density at radius 1 is 1.12 bits per heavy atom. The lowest BCUT2D eigenvalue weighted by Gasteiger charge is -2.27. The Kier molecular flexibility index (Phi) is 3.61. The first kappa shape index (κ1) is 15.6. The second kappa shape index (κ2) is 5.99. The summed E-state index contributed by atoms with van der Waals surface area (Å²) < 4.78 is 11.8. The number of hydrogen-bond donors (Lipinski definition) is 1. The minimum atomic E-state index is -0.166. The normalized spacial score (nSPS) is 18.4. The van der Waals surface area contributed by atoms with Crippen molar-refractivity contribution in [1.29, 1.82) is 0 Å². The summed E-state index contributed by atoms with van der Waals surface area (Å²) in [6.45, 7) is 4.51. The first-order valence-electron chi connectivity index (χ1n) is 9.32. The van der Waals surface area contributed by atoms with E-state index in [4.69, 9.17) is 9.15 Å². The highest BCUT2D eigenvalue weighted by Gasteiger charge is 2.27. The predicted molar refractivity (Wildman–Crippen MR) is 99.6 cm³/mol. The molecule has 1 aromatic heterocycles. The number of nitrogens with one attached hydrogen (secondary N) is 1. The fourth-order valence-electron chi connectivity index (χ4n) is 4.45. The Morgan fingerprint density at radius 2 is 1.92 bits per heavy atom. The average Bonchev–Trinajstić information content (AvgIpc) is 3.15. The van der Waals surface area contributed by atoms with Gasteiger partial charge in [0.1, 0.15) is 24.4 Å². The van der Waals surface area contributed by atoms with Crippen molar-refractivity contribution in [2.24, 2.45) is 0 Å². The van der Waals surface area contributed by atoms with E-state index in [2.05, 4.69) is 30.3 Å². The van der Waals surface area contributed by atoms with Crippen molar-refractivity contribution < 1.29 is 14.1 Å². The molecule has 26 heavy (non-hydrogen) atoms. The van der Waals surface area contributed by atoms with Crippen LogP contribution in [-0.4, -0.2) is 6.73 Å². The molecule has 1 atom stereocenters. The summed E-state index contributed by atoms with van der Waals surface area (Å²) in [4.78, 5) is 13.7. The zero-order valence-electron chi connectivity index (χ0n) is 14.9. The number of benzene rings is 2. The van der Waals surface area contributed by atoms with Crippen LogP contribution in [-0.2, 0) is 25.9 Å². The molecule has 5 rings (SSSR count). The van der Waals surface area contributed by atoms with Gasteiger partial charge in [-0.15, -0.1) is 0 Å². The molecule has 2 aromatic carbocycles. The van der Waals surface area contributed by atoms with E-state index in [1.807, 2.05) is 13.0 Å². The first-order chi connectivity index (χ1) is 12.7. The number of aryl methyl sites for hydroxylation is 2. The molecule has 0 fully saturated rings. The van der Waals surface area contributed by atoms with E-state index in [0.717, 1.165) is 54.6 Å². The van der Waals surface area contributed by atoms with E-state index in [1.54, 1.807) is 0 Å². The van der Waals surface area contributed by atoms with E-state index in [0.29, 0.717) is 12.3 Å². The van der Waals surface area contributed by atoms with Crippen LogP contribution in [0.3, 0.4) is 0 Å². The van der Waals surface area contributed by atoms with E-state index in [-0.39, 0.29) is 5.63 Å². The van der Waals surface area contributed by atoms with Gasteiger partial charge in [0.25, 0.3) is 0 Å². The molecule has 2 heterocycles. The Morgan fingerprint density at radius 3 is 2.77 bits per heavy atom. The molecule has 4 heteroatoms. The third kappa shape index (κ3) is 2.44. The highest BCUT2D eigenvalue weighted by atomic mass is 16.5. The van der Waals surface area contributed by atoms with Gasteiger partial charge in [0.15, 0.2) is 0 Å². The highest BCUT2D eigenvalue weighted by Crippen LogP contribution is 2.36. The number of rotatable bonds is 2. The van der Waals surface area contributed by atoms with Crippen LogP contribution >= 0.6 is 0 Å². The van der Waals surface area contributed by atoms with Gasteiger partial charge < -0.3 is 9.15 Å². The van der Waals surface area contributed by atoms with Gasteiger partial charge in [0.05, 0.1) is 0 Å².